The minimum Gasteiger partial charge on any atom is -0.481 e. The molecule has 9 nitrogen and oxygen atoms in total. The lowest BCUT2D eigenvalue weighted by Gasteiger charge is -2.30. The van der Waals surface area contributed by atoms with Crippen LogP contribution >= 0.6 is 58.0 Å². The van der Waals surface area contributed by atoms with Gasteiger partial charge < -0.3 is 24.5 Å². The second-order valence-electron chi connectivity index (χ2n) is 11.5. The number of halogens is 5. The fourth-order valence-corrected chi connectivity index (χ4v) is 6.84. The summed E-state index contributed by atoms with van der Waals surface area (Å²) < 4.78 is 12.4. The van der Waals surface area contributed by atoms with Crippen molar-refractivity contribution >= 4 is 80.9 Å². The summed E-state index contributed by atoms with van der Waals surface area (Å²) in [5.74, 6) is -1.36. The van der Waals surface area contributed by atoms with Gasteiger partial charge in [0.2, 0.25) is 5.91 Å². The van der Waals surface area contributed by atoms with E-state index in [0.717, 1.165) is 11.1 Å². The zero-order valence-electron chi connectivity index (χ0n) is 26.5. The maximum atomic E-state index is 13.7. The van der Waals surface area contributed by atoms with Crippen molar-refractivity contribution in [2.45, 2.75) is 38.0 Å². The average molecular weight is 780 g/mol. The number of hydrogen-bond donors (Lipinski definition) is 2. The van der Waals surface area contributed by atoms with Gasteiger partial charge in [-0.25, -0.2) is 4.79 Å². The van der Waals surface area contributed by atoms with Crippen molar-refractivity contribution in [3.05, 3.63) is 132 Å². The van der Waals surface area contributed by atoms with Crippen LogP contribution in [0.5, 0.6) is 5.75 Å². The van der Waals surface area contributed by atoms with Crippen molar-refractivity contribution < 1.29 is 23.8 Å². The van der Waals surface area contributed by atoms with E-state index in [1.54, 1.807) is 42.5 Å². The third-order valence-corrected chi connectivity index (χ3v) is 9.34. The second-order valence-corrected chi connectivity index (χ2v) is 13.6. The summed E-state index contributed by atoms with van der Waals surface area (Å²) in [5, 5.41) is 16.0. The molecular weight excluding hydrogens is 748 g/mol. The van der Waals surface area contributed by atoms with Gasteiger partial charge >= 0.3 is 5.76 Å². The highest BCUT2D eigenvalue weighted by molar-refractivity contribution is 6.40. The van der Waals surface area contributed by atoms with Crippen LogP contribution in [0.3, 0.4) is 0 Å². The highest BCUT2D eigenvalue weighted by Crippen LogP contribution is 2.35. The Morgan fingerprint density at radius 2 is 1.56 bits per heavy atom. The lowest BCUT2D eigenvalue weighted by molar-refractivity contribution is -0.135. The van der Waals surface area contributed by atoms with Crippen LogP contribution in [-0.4, -0.2) is 58.2 Å². The quantitative estimate of drug-likeness (QED) is 0.114. The van der Waals surface area contributed by atoms with E-state index < -0.39 is 36.3 Å². The van der Waals surface area contributed by atoms with Crippen molar-refractivity contribution in [1.29, 1.82) is 0 Å². The van der Waals surface area contributed by atoms with Gasteiger partial charge in [-0.2, -0.15) is 0 Å². The number of fused-ring (bicyclic) bond motifs is 1. The van der Waals surface area contributed by atoms with Crippen LogP contribution in [0.4, 0.5) is 0 Å². The second kappa shape index (κ2) is 17.5. The lowest BCUT2D eigenvalue weighted by atomic mass is 10.00. The van der Waals surface area contributed by atoms with Gasteiger partial charge in [-0.3, -0.25) is 14.2 Å². The van der Waals surface area contributed by atoms with Gasteiger partial charge in [0.1, 0.15) is 0 Å². The fraction of sp³-hybridized carbons (Fsp3) is 0.250. The number of aromatic nitrogens is 1. The van der Waals surface area contributed by atoms with Crippen molar-refractivity contribution in [2.75, 3.05) is 19.7 Å². The Morgan fingerprint density at radius 1 is 0.880 bits per heavy atom. The van der Waals surface area contributed by atoms with E-state index in [4.69, 9.17) is 67.2 Å². The van der Waals surface area contributed by atoms with E-state index in [9.17, 15) is 19.5 Å². The zero-order chi connectivity index (χ0) is 35.8. The van der Waals surface area contributed by atoms with Crippen LogP contribution in [0.1, 0.15) is 17.5 Å². The molecule has 5 aromatic rings. The molecule has 0 saturated carbocycles. The first kappa shape index (κ1) is 37.6. The summed E-state index contributed by atoms with van der Waals surface area (Å²) in [6, 6.07) is 23.4. The standard InChI is InChI=1S/C36H32Cl5N3O6/c37-24-11-10-23(26(39)17-24)12-14-43(34(47)21-49-35-27(40)18-25(38)19-28(35)41)20-31(45)29(16-22-6-2-1-3-7-22)42-33(46)13-15-44-30-8-4-5-9-32(30)50-36(44)48/h1-11,17-19,29,31,45H,12-16,20-21H2,(H,42,46)/t29-,31-/m0/s1. The molecule has 2 amide bonds. The molecule has 0 aliphatic rings. The molecule has 0 saturated heterocycles. The van der Waals surface area contributed by atoms with Crippen molar-refractivity contribution in [1.82, 2.24) is 14.8 Å². The Hall–Kier alpha value is -3.70. The van der Waals surface area contributed by atoms with Crippen molar-refractivity contribution in [3.63, 3.8) is 0 Å². The zero-order valence-corrected chi connectivity index (χ0v) is 30.2. The molecule has 1 aromatic heterocycles. The lowest BCUT2D eigenvalue weighted by Crippen LogP contribution is -2.51. The molecule has 2 N–H and O–H groups in total. The first-order chi connectivity index (χ1) is 24.0. The summed E-state index contributed by atoms with van der Waals surface area (Å²) in [7, 11) is 0. The number of oxazole rings is 1. The summed E-state index contributed by atoms with van der Waals surface area (Å²) in [5.41, 5.74) is 2.59. The number of nitrogens with zero attached hydrogens (tertiary/aromatic N) is 2. The van der Waals surface area contributed by atoms with E-state index in [-0.39, 0.29) is 48.3 Å². The first-order valence-electron chi connectivity index (χ1n) is 15.6. The van der Waals surface area contributed by atoms with Crippen LogP contribution in [-0.2, 0) is 29.0 Å². The van der Waals surface area contributed by atoms with Gasteiger partial charge in [-0.05, 0) is 60.4 Å². The Bertz CT molecular complexity index is 2000. The predicted molar refractivity (Wildman–Crippen MR) is 197 cm³/mol. The normalized spacial score (nSPS) is 12.4. The van der Waals surface area contributed by atoms with Crippen molar-refractivity contribution in [3.8, 4) is 5.75 Å². The number of amides is 2. The van der Waals surface area contributed by atoms with Gasteiger partial charge in [0.05, 0.1) is 27.7 Å². The van der Waals surface area contributed by atoms with Crippen molar-refractivity contribution in [2.24, 2.45) is 0 Å². The smallest absolute Gasteiger partial charge is 0.419 e. The van der Waals surface area contributed by atoms with Crippen LogP contribution in [0, 0.1) is 0 Å². The van der Waals surface area contributed by atoms with E-state index in [1.165, 1.54) is 21.6 Å². The third-order valence-electron chi connectivity index (χ3n) is 7.97. The maximum absolute atomic E-state index is 13.7. The van der Waals surface area contributed by atoms with E-state index in [0.29, 0.717) is 32.6 Å². The number of nitrogens with one attached hydrogen (secondary N) is 1. The number of aliphatic hydroxyl groups is 1. The number of ether oxygens (including phenoxy) is 1. The van der Waals surface area contributed by atoms with E-state index in [1.807, 2.05) is 30.3 Å². The van der Waals surface area contributed by atoms with Crippen LogP contribution < -0.4 is 15.8 Å². The molecule has 5 rings (SSSR count). The SMILES string of the molecule is O=C(CCn1c(=O)oc2ccccc21)N[C@@H](Cc1ccccc1)[C@@H](O)CN(CCc1ccc(Cl)cc1Cl)C(=O)COc1c(Cl)cc(Cl)cc1Cl. The number of hydrogen-bond acceptors (Lipinski definition) is 6. The van der Waals surface area contributed by atoms with Gasteiger partial charge in [-0.15, -0.1) is 0 Å². The van der Waals surface area contributed by atoms with Gasteiger partial charge in [0, 0.05) is 41.1 Å². The molecule has 2 atom stereocenters. The van der Waals surface area contributed by atoms with Crippen LogP contribution in [0.15, 0.2) is 94.1 Å². The molecule has 1 heterocycles. The first-order valence-corrected chi connectivity index (χ1v) is 17.5. The molecule has 0 aliphatic heterocycles. The van der Waals surface area contributed by atoms with E-state index in [2.05, 4.69) is 5.32 Å². The Kier molecular flexibility index (Phi) is 13.1. The predicted octanol–water partition coefficient (Wildman–Crippen LogP) is 7.49. The van der Waals surface area contributed by atoms with Gasteiger partial charge in [0.15, 0.2) is 17.9 Å². The number of aliphatic hydroxyl groups excluding tert-OH is 1. The topological polar surface area (TPSA) is 114 Å². The molecule has 4 aromatic carbocycles. The monoisotopic (exact) mass is 777 g/mol. The molecule has 0 bridgehead atoms. The van der Waals surface area contributed by atoms with E-state index >= 15 is 0 Å². The molecule has 14 heteroatoms. The van der Waals surface area contributed by atoms with Crippen LogP contribution in [0.25, 0.3) is 11.1 Å². The summed E-state index contributed by atoms with van der Waals surface area (Å²) in [6.45, 7) is -0.412. The Morgan fingerprint density at radius 3 is 2.28 bits per heavy atom. The highest BCUT2D eigenvalue weighted by atomic mass is 35.5. The number of carbonyl (C=O) groups excluding carboxylic acids is 2. The van der Waals surface area contributed by atoms with Crippen LogP contribution in [0.2, 0.25) is 25.1 Å². The molecule has 0 unspecified atom stereocenters. The number of carbonyl (C=O) groups is 2. The highest BCUT2D eigenvalue weighted by Gasteiger charge is 2.27. The average Bonchev–Trinajstić information content (AvgIpc) is 3.40. The Balaban J connectivity index is 1.33. The Labute approximate surface area is 313 Å². The third kappa shape index (κ3) is 9.96. The fourth-order valence-electron chi connectivity index (χ4n) is 5.41. The molecule has 50 heavy (non-hydrogen) atoms. The van der Waals surface area contributed by atoms with Gasteiger partial charge in [-0.1, -0.05) is 107 Å². The number of para-hydroxylation sites is 2. The molecule has 0 spiro atoms. The number of rotatable bonds is 15. The largest absolute Gasteiger partial charge is 0.481 e. The summed E-state index contributed by atoms with van der Waals surface area (Å²) in [6.07, 6.45) is -0.681. The number of aryl methyl sites for hydroxylation is 1. The minimum atomic E-state index is -1.22. The van der Waals surface area contributed by atoms with Gasteiger partial charge in [0.25, 0.3) is 5.91 Å². The number of benzene rings is 4. The minimum absolute atomic E-state index is 0.0599. The molecule has 0 aliphatic carbocycles. The molecule has 262 valence electrons. The maximum Gasteiger partial charge on any atom is 0.419 e. The molecule has 0 fully saturated rings. The summed E-state index contributed by atoms with van der Waals surface area (Å²) in [4.78, 5) is 40.8. The molecular formula is C36H32Cl5N3O6. The summed E-state index contributed by atoms with van der Waals surface area (Å²) >= 11 is 31.0. The molecule has 0 radical (unpaired) electrons.